The number of alkyl halides is 3. The minimum absolute atomic E-state index is 0.0507. The third-order valence-corrected chi connectivity index (χ3v) is 4.95. The van der Waals surface area contributed by atoms with Crippen LogP contribution in [0.5, 0.6) is 0 Å². The predicted octanol–water partition coefficient (Wildman–Crippen LogP) is 3.23. The Balaban J connectivity index is 3.21. The van der Waals surface area contributed by atoms with Crippen LogP contribution in [-0.4, -0.2) is 39.1 Å². The molecule has 4 nitrogen and oxygen atoms in total. The number of hydrogen-bond donors (Lipinski definition) is 1. The van der Waals surface area contributed by atoms with Crippen LogP contribution in [0.2, 0.25) is 5.02 Å². The summed E-state index contributed by atoms with van der Waals surface area (Å²) in [4.78, 5) is 5.78. The molecule has 1 rings (SSSR count). The highest BCUT2D eigenvalue weighted by Crippen LogP contribution is 2.42. The number of hydrogen-bond acceptors (Lipinski definition) is 3. The monoisotopic (exact) mass is 371 g/mol. The molecule has 0 saturated heterocycles. The third kappa shape index (κ3) is 5.70. The number of pyridine rings is 1. The molecular weight excluding hydrogens is 351 g/mol. The molecule has 9 heteroatoms. The summed E-state index contributed by atoms with van der Waals surface area (Å²) >= 11 is 6.03. The molecule has 2 atom stereocenters. The quantitative estimate of drug-likeness (QED) is 0.835. The maximum absolute atomic E-state index is 13.4. The Morgan fingerprint density at radius 3 is 2.35 bits per heavy atom. The number of nitrogens with two attached hydrogens (primary N) is 1. The van der Waals surface area contributed by atoms with Crippen molar-refractivity contribution in [2.24, 2.45) is 5.14 Å². The van der Waals surface area contributed by atoms with E-state index in [1.807, 2.05) is 19.0 Å². The van der Waals surface area contributed by atoms with Gasteiger partial charge in [-0.3, -0.25) is 10.1 Å². The van der Waals surface area contributed by atoms with Gasteiger partial charge in [0.1, 0.15) is 0 Å². The second-order valence-corrected chi connectivity index (χ2v) is 8.41. The van der Waals surface area contributed by atoms with Crippen LogP contribution >= 0.6 is 11.6 Å². The first-order valence-corrected chi connectivity index (χ1v) is 8.45. The van der Waals surface area contributed by atoms with Crippen molar-refractivity contribution in [1.82, 2.24) is 9.88 Å². The summed E-state index contributed by atoms with van der Waals surface area (Å²) in [6, 6.07) is 1.48. The SMILES string of the molecule is CN(C)Cc1cnc([C@@H](CC(C)(C)S(N)=O)C(F)(F)F)c(Cl)c1. The molecule has 1 aromatic rings. The van der Waals surface area contributed by atoms with Gasteiger partial charge in [0.15, 0.2) is 0 Å². The smallest absolute Gasteiger partial charge is 0.305 e. The molecule has 1 aromatic heterocycles. The highest BCUT2D eigenvalue weighted by molar-refractivity contribution is 7.84. The van der Waals surface area contributed by atoms with E-state index in [1.165, 1.54) is 26.1 Å². The van der Waals surface area contributed by atoms with Crippen LogP contribution in [0.25, 0.3) is 0 Å². The Morgan fingerprint density at radius 1 is 1.39 bits per heavy atom. The van der Waals surface area contributed by atoms with Gasteiger partial charge in [0.25, 0.3) is 0 Å². The highest BCUT2D eigenvalue weighted by atomic mass is 35.5. The van der Waals surface area contributed by atoms with E-state index in [4.69, 9.17) is 16.7 Å². The standard InChI is InChI=1S/C14H21ClF3N3OS/c1-13(2,23(19)22)6-10(14(16,17)18)12-11(15)5-9(7-20-12)8-21(3)4/h5,7,10H,6,8,19H2,1-4H3/t10-,23?/m1/s1. The van der Waals surface area contributed by atoms with Crippen LogP contribution in [0.15, 0.2) is 12.3 Å². The molecule has 0 bridgehead atoms. The second kappa shape index (κ2) is 7.46. The lowest BCUT2D eigenvalue weighted by molar-refractivity contribution is -0.153. The van der Waals surface area contributed by atoms with Crippen molar-refractivity contribution in [3.8, 4) is 0 Å². The minimum Gasteiger partial charge on any atom is -0.305 e. The summed E-state index contributed by atoms with van der Waals surface area (Å²) in [6.45, 7) is 3.37. The molecule has 0 aliphatic rings. The first-order valence-electron chi connectivity index (χ1n) is 6.86. The largest absolute Gasteiger partial charge is 0.397 e. The third-order valence-electron chi connectivity index (χ3n) is 3.39. The molecule has 1 unspecified atom stereocenters. The Hall–Kier alpha value is -0.700. The molecule has 0 saturated carbocycles. The number of rotatable bonds is 6. The average molecular weight is 372 g/mol. The zero-order valence-corrected chi connectivity index (χ0v) is 15.0. The summed E-state index contributed by atoms with van der Waals surface area (Å²) in [6.07, 6.45) is -3.64. The van der Waals surface area contributed by atoms with Gasteiger partial charge in [-0.2, -0.15) is 13.2 Å². The highest BCUT2D eigenvalue weighted by Gasteiger charge is 2.46. The Labute approximate surface area is 141 Å². The Morgan fingerprint density at radius 2 is 1.96 bits per heavy atom. The van der Waals surface area contributed by atoms with Crippen LogP contribution in [-0.2, 0) is 17.5 Å². The molecule has 1 heterocycles. The maximum Gasteiger partial charge on any atom is 0.397 e. The molecule has 23 heavy (non-hydrogen) atoms. The van der Waals surface area contributed by atoms with Crippen LogP contribution in [0.4, 0.5) is 13.2 Å². The van der Waals surface area contributed by atoms with Gasteiger partial charge in [-0.1, -0.05) is 11.6 Å². The van der Waals surface area contributed by atoms with E-state index in [2.05, 4.69) is 4.98 Å². The second-order valence-electron chi connectivity index (χ2n) is 6.30. The van der Waals surface area contributed by atoms with Gasteiger partial charge in [-0.25, -0.2) is 4.21 Å². The van der Waals surface area contributed by atoms with Gasteiger partial charge < -0.3 is 4.90 Å². The zero-order valence-electron chi connectivity index (χ0n) is 13.4. The van der Waals surface area contributed by atoms with Crippen molar-refractivity contribution in [2.75, 3.05) is 14.1 Å². The van der Waals surface area contributed by atoms with Gasteiger partial charge in [-0.15, -0.1) is 0 Å². The first-order chi connectivity index (χ1) is 10.3. The lowest BCUT2D eigenvalue weighted by Crippen LogP contribution is -2.37. The number of aromatic nitrogens is 1. The molecular formula is C14H21ClF3N3OS. The average Bonchev–Trinajstić information content (AvgIpc) is 2.34. The van der Waals surface area contributed by atoms with Crippen molar-refractivity contribution in [3.05, 3.63) is 28.5 Å². The van der Waals surface area contributed by atoms with Gasteiger partial charge in [0, 0.05) is 12.7 Å². The fraction of sp³-hybridized carbons (Fsp3) is 0.643. The summed E-state index contributed by atoms with van der Waals surface area (Å²) in [7, 11) is 1.76. The predicted molar refractivity (Wildman–Crippen MR) is 86.5 cm³/mol. The van der Waals surface area contributed by atoms with Crippen molar-refractivity contribution < 1.29 is 17.4 Å². The van der Waals surface area contributed by atoms with Crippen molar-refractivity contribution in [1.29, 1.82) is 0 Å². The Kier molecular flexibility index (Phi) is 6.60. The lowest BCUT2D eigenvalue weighted by atomic mass is 9.92. The van der Waals surface area contributed by atoms with Crippen molar-refractivity contribution in [2.45, 2.75) is 43.7 Å². The lowest BCUT2D eigenvalue weighted by Gasteiger charge is -2.29. The molecule has 2 N–H and O–H groups in total. The van der Waals surface area contributed by atoms with Crippen molar-refractivity contribution in [3.63, 3.8) is 0 Å². The normalized spacial score (nSPS) is 15.7. The first kappa shape index (κ1) is 20.3. The van der Waals surface area contributed by atoms with Gasteiger partial charge in [0.2, 0.25) is 0 Å². The fourth-order valence-electron chi connectivity index (χ4n) is 2.14. The van der Waals surface area contributed by atoms with E-state index >= 15 is 0 Å². The van der Waals surface area contributed by atoms with E-state index in [1.54, 1.807) is 0 Å². The molecule has 0 aliphatic carbocycles. The minimum atomic E-state index is -4.56. The van der Waals surface area contributed by atoms with Crippen molar-refractivity contribution >= 4 is 22.6 Å². The van der Waals surface area contributed by atoms with Gasteiger partial charge in [0.05, 0.1) is 32.4 Å². The van der Waals surface area contributed by atoms with E-state index < -0.39 is 34.2 Å². The number of nitrogens with zero attached hydrogens (tertiary/aromatic N) is 2. The summed E-state index contributed by atoms with van der Waals surface area (Å²) in [5.74, 6) is -1.93. The maximum atomic E-state index is 13.4. The Bertz CT molecular complexity index is 579. The molecule has 0 fully saturated rings. The number of halogens is 4. The topological polar surface area (TPSA) is 59.2 Å². The van der Waals surface area contributed by atoms with E-state index in [-0.39, 0.29) is 10.7 Å². The summed E-state index contributed by atoms with van der Waals surface area (Å²) in [5.41, 5.74) is 0.450. The summed E-state index contributed by atoms with van der Waals surface area (Å²) in [5, 5.41) is 5.25. The van der Waals surface area contributed by atoms with E-state index in [0.29, 0.717) is 12.1 Å². The van der Waals surface area contributed by atoms with Crippen LogP contribution < -0.4 is 5.14 Å². The zero-order chi connectivity index (χ0) is 18.0. The van der Waals surface area contributed by atoms with E-state index in [9.17, 15) is 17.4 Å². The van der Waals surface area contributed by atoms with Crippen LogP contribution in [0.3, 0.4) is 0 Å². The summed E-state index contributed by atoms with van der Waals surface area (Å²) < 4.78 is 50.6. The molecule has 0 aliphatic heterocycles. The molecule has 0 radical (unpaired) electrons. The van der Waals surface area contributed by atoms with Gasteiger partial charge >= 0.3 is 6.18 Å². The van der Waals surface area contributed by atoms with Crippen LogP contribution in [0.1, 0.15) is 37.4 Å². The van der Waals surface area contributed by atoms with Crippen LogP contribution in [0, 0.1) is 0 Å². The molecule has 0 spiro atoms. The molecule has 0 amide bonds. The molecule has 0 aromatic carbocycles. The fourth-order valence-corrected chi connectivity index (χ4v) is 2.79. The van der Waals surface area contributed by atoms with Gasteiger partial charge in [-0.05, 0) is 46.0 Å². The van der Waals surface area contributed by atoms with E-state index in [0.717, 1.165) is 0 Å². The molecule has 132 valence electrons.